The minimum atomic E-state index is -0.132. The van der Waals surface area contributed by atoms with Crippen LogP contribution in [0.15, 0.2) is 42.5 Å². The third-order valence-corrected chi connectivity index (χ3v) is 4.06. The Labute approximate surface area is 155 Å². The second kappa shape index (κ2) is 9.70. The molecule has 0 saturated heterocycles. The molecule has 0 aliphatic heterocycles. The van der Waals surface area contributed by atoms with Crippen LogP contribution in [0.2, 0.25) is 0 Å². The first-order valence-electron chi connectivity index (χ1n) is 8.93. The Morgan fingerprint density at radius 1 is 1.12 bits per heavy atom. The van der Waals surface area contributed by atoms with Gasteiger partial charge in [-0.25, -0.2) is 0 Å². The summed E-state index contributed by atoms with van der Waals surface area (Å²) in [4.78, 5) is 12.3. The third-order valence-electron chi connectivity index (χ3n) is 4.06. The van der Waals surface area contributed by atoms with E-state index in [1.54, 1.807) is 25.3 Å². The molecule has 1 amide bonds. The minimum Gasteiger partial charge on any atom is -0.493 e. The van der Waals surface area contributed by atoms with E-state index in [4.69, 9.17) is 15.2 Å². The van der Waals surface area contributed by atoms with E-state index in [9.17, 15) is 4.79 Å². The van der Waals surface area contributed by atoms with Gasteiger partial charge in [0.2, 0.25) is 0 Å². The van der Waals surface area contributed by atoms with Gasteiger partial charge in [0.05, 0.1) is 13.7 Å². The molecular weight excluding hydrogens is 328 g/mol. The summed E-state index contributed by atoms with van der Waals surface area (Å²) in [6.07, 6.45) is 1.72. The van der Waals surface area contributed by atoms with Crippen molar-refractivity contribution in [1.29, 1.82) is 0 Å². The summed E-state index contributed by atoms with van der Waals surface area (Å²) in [5, 5.41) is 2.92. The van der Waals surface area contributed by atoms with Crippen LogP contribution < -0.4 is 20.5 Å². The number of rotatable bonds is 9. The second-order valence-electron chi connectivity index (χ2n) is 6.64. The van der Waals surface area contributed by atoms with Crippen LogP contribution in [-0.4, -0.2) is 26.2 Å². The lowest BCUT2D eigenvalue weighted by Crippen LogP contribution is -2.25. The van der Waals surface area contributed by atoms with E-state index in [-0.39, 0.29) is 5.91 Å². The fraction of sp³-hybridized carbons (Fsp3) is 0.381. The summed E-state index contributed by atoms with van der Waals surface area (Å²) in [6, 6.07) is 12.9. The monoisotopic (exact) mass is 356 g/mol. The van der Waals surface area contributed by atoms with E-state index in [1.165, 1.54) is 0 Å². The van der Waals surface area contributed by atoms with Crippen molar-refractivity contribution in [1.82, 2.24) is 5.32 Å². The van der Waals surface area contributed by atoms with Gasteiger partial charge in [0.1, 0.15) is 0 Å². The molecule has 0 aliphatic carbocycles. The highest BCUT2D eigenvalue weighted by Crippen LogP contribution is 2.28. The summed E-state index contributed by atoms with van der Waals surface area (Å²) in [6.45, 7) is 5.48. The molecule has 2 aromatic rings. The summed E-state index contributed by atoms with van der Waals surface area (Å²) >= 11 is 0. The molecule has 0 spiro atoms. The van der Waals surface area contributed by atoms with Gasteiger partial charge >= 0.3 is 0 Å². The molecule has 5 heteroatoms. The molecule has 140 valence electrons. The van der Waals surface area contributed by atoms with E-state index in [0.29, 0.717) is 36.1 Å². The molecule has 0 fully saturated rings. The molecule has 0 radical (unpaired) electrons. The molecule has 2 aromatic carbocycles. The van der Waals surface area contributed by atoms with Crippen LogP contribution in [0.1, 0.15) is 36.2 Å². The van der Waals surface area contributed by atoms with Gasteiger partial charge < -0.3 is 20.5 Å². The number of nitrogens with two attached hydrogens (primary N) is 1. The van der Waals surface area contributed by atoms with Crippen molar-refractivity contribution in [2.45, 2.75) is 26.7 Å². The standard InChI is InChI=1S/C21H28N2O3/c1-15(2)11-13-26-19-9-6-17(14-20(19)25-3)21(24)23-12-10-16-4-7-18(22)8-5-16/h4-9,14-15H,10-13,22H2,1-3H3,(H,23,24). The lowest BCUT2D eigenvalue weighted by atomic mass is 10.1. The number of hydrogen-bond donors (Lipinski definition) is 2. The average Bonchev–Trinajstić information content (AvgIpc) is 2.63. The van der Waals surface area contributed by atoms with Gasteiger partial charge in [-0.05, 0) is 54.7 Å². The summed E-state index contributed by atoms with van der Waals surface area (Å²) in [5.74, 6) is 1.67. The van der Waals surface area contributed by atoms with Crippen molar-refractivity contribution in [2.24, 2.45) is 5.92 Å². The maximum Gasteiger partial charge on any atom is 0.251 e. The van der Waals surface area contributed by atoms with Crippen molar-refractivity contribution in [3.05, 3.63) is 53.6 Å². The van der Waals surface area contributed by atoms with Crippen molar-refractivity contribution < 1.29 is 14.3 Å². The van der Waals surface area contributed by atoms with E-state index < -0.39 is 0 Å². The quantitative estimate of drug-likeness (QED) is 0.672. The molecule has 0 aliphatic rings. The average molecular weight is 356 g/mol. The first-order valence-corrected chi connectivity index (χ1v) is 8.93. The molecule has 0 unspecified atom stereocenters. The number of carbonyl (C=O) groups excluding carboxylic acids is 1. The first kappa shape index (κ1) is 19.6. The maximum atomic E-state index is 12.3. The maximum absolute atomic E-state index is 12.3. The SMILES string of the molecule is COc1cc(C(=O)NCCc2ccc(N)cc2)ccc1OCCC(C)C. The molecule has 26 heavy (non-hydrogen) atoms. The van der Waals surface area contributed by atoms with Gasteiger partial charge in [-0.2, -0.15) is 0 Å². The Hall–Kier alpha value is -2.69. The number of nitrogen functional groups attached to an aromatic ring is 1. The van der Waals surface area contributed by atoms with E-state index in [0.717, 1.165) is 24.1 Å². The highest BCUT2D eigenvalue weighted by molar-refractivity contribution is 5.94. The highest BCUT2D eigenvalue weighted by atomic mass is 16.5. The van der Waals surface area contributed by atoms with Gasteiger partial charge in [0.25, 0.3) is 5.91 Å². The van der Waals surface area contributed by atoms with Crippen LogP contribution in [0.25, 0.3) is 0 Å². The van der Waals surface area contributed by atoms with Crippen molar-refractivity contribution in [3.8, 4) is 11.5 Å². The number of ether oxygens (including phenoxy) is 2. The Morgan fingerprint density at radius 3 is 2.50 bits per heavy atom. The van der Waals surface area contributed by atoms with Crippen molar-refractivity contribution in [3.63, 3.8) is 0 Å². The number of carbonyl (C=O) groups is 1. The number of anilines is 1. The largest absolute Gasteiger partial charge is 0.493 e. The van der Waals surface area contributed by atoms with Gasteiger partial charge in [-0.1, -0.05) is 26.0 Å². The number of methoxy groups -OCH3 is 1. The van der Waals surface area contributed by atoms with E-state index in [2.05, 4.69) is 19.2 Å². The lowest BCUT2D eigenvalue weighted by Gasteiger charge is -2.13. The zero-order valence-electron chi connectivity index (χ0n) is 15.7. The fourth-order valence-electron chi connectivity index (χ4n) is 2.44. The summed E-state index contributed by atoms with van der Waals surface area (Å²) in [5.41, 5.74) is 8.09. The highest BCUT2D eigenvalue weighted by Gasteiger charge is 2.11. The van der Waals surface area contributed by atoms with Crippen LogP contribution in [0.4, 0.5) is 5.69 Å². The van der Waals surface area contributed by atoms with Crippen LogP contribution in [0.3, 0.4) is 0 Å². The van der Waals surface area contributed by atoms with Crippen LogP contribution in [-0.2, 0) is 6.42 Å². The smallest absolute Gasteiger partial charge is 0.251 e. The molecule has 2 rings (SSSR count). The molecule has 3 N–H and O–H groups in total. The Kier molecular flexibility index (Phi) is 7.33. The van der Waals surface area contributed by atoms with Gasteiger partial charge in [-0.3, -0.25) is 4.79 Å². The third kappa shape index (κ3) is 5.99. The Morgan fingerprint density at radius 2 is 1.85 bits per heavy atom. The second-order valence-corrected chi connectivity index (χ2v) is 6.64. The van der Waals surface area contributed by atoms with E-state index >= 15 is 0 Å². The molecule has 0 bridgehead atoms. The van der Waals surface area contributed by atoms with Gasteiger partial charge in [0.15, 0.2) is 11.5 Å². The van der Waals surface area contributed by atoms with Gasteiger partial charge in [-0.15, -0.1) is 0 Å². The molecular formula is C21H28N2O3. The lowest BCUT2D eigenvalue weighted by molar-refractivity contribution is 0.0953. The normalized spacial score (nSPS) is 10.6. The van der Waals surface area contributed by atoms with Crippen molar-refractivity contribution in [2.75, 3.05) is 26.0 Å². The number of nitrogens with one attached hydrogen (secondary N) is 1. The van der Waals surface area contributed by atoms with Crippen LogP contribution in [0.5, 0.6) is 11.5 Å². The van der Waals surface area contributed by atoms with Crippen molar-refractivity contribution >= 4 is 11.6 Å². The van der Waals surface area contributed by atoms with Crippen LogP contribution >= 0.6 is 0 Å². The Balaban J connectivity index is 1.90. The van der Waals surface area contributed by atoms with Crippen LogP contribution in [0, 0.1) is 5.92 Å². The zero-order chi connectivity index (χ0) is 18.9. The summed E-state index contributed by atoms with van der Waals surface area (Å²) in [7, 11) is 1.58. The number of amides is 1. The zero-order valence-corrected chi connectivity index (χ0v) is 15.7. The Bertz CT molecular complexity index is 712. The fourth-order valence-corrected chi connectivity index (χ4v) is 2.44. The molecule has 0 heterocycles. The number of benzene rings is 2. The molecule has 0 atom stereocenters. The van der Waals surface area contributed by atoms with E-state index in [1.807, 2.05) is 24.3 Å². The molecule has 5 nitrogen and oxygen atoms in total. The predicted molar refractivity (Wildman–Crippen MR) is 105 cm³/mol. The minimum absolute atomic E-state index is 0.132. The number of hydrogen-bond acceptors (Lipinski definition) is 4. The molecule has 0 saturated carbocycles. The topological polar surface area (TPSA) is 73.6 Å². The first-order chi connectivity index (χ1) is 12.5. The molecule has 0 aromatic heterocycles. The van der Waals surface area contributed by atoms with Gasteiger partial charge in [0, 0.05) is 17.8 Å². The summed E-state index contributed by atoms with van der Waals surface area (Å²) < 4.78 is 11.1. The predicted octanol–water partition coefficient (Wildman–Crippen LogP) is 3.67.